The van der Waals surface area contributed by atoms with Crippen LogP contribution in [-0.4, -0.2) is 19.4 Å². The third-order valence-electron chi connectivity index (χ3n) is 0.675. The number of rotatable bonds is 2. The summed E-state index contributed by atoms with van der Waals surface area (Å²) in [4.78, 5) is 20.0. The van der Waals surface area contributed by atoms with Crippen molar-refractivity contribution >= 4 is 12.3 Å². The van der Waals surface area contributed by atoms with E-state index < -0.39 is 11.5 Å². The van der Waals surface area contributed by atoms with Crippen molar-refractivity contribution in [1.82, 2.24) is 0 Å². The summed E-state index contributed by atoms with van der Waals surface area (Å²) in [5, 5.41) is 9.77. The molecular formula is C5H5KO4. The standard InChI is InChI=1S/C5H6O4.K/c1-9-5(8)4(2-6)3-7;/h2-3,6H,1H3;/q;+1/p-1/b4-2+;. The summed E-state index contributed by atoms with van der Waals surface area (Å²) in [6, 6.07) is 0. The first-order valence-electron chi connectivity index (χ1n) is 2.12. The van der Waals surface area contributed by atoms with E-state index >= 15 is 0 Å². The van der Waals surface area contributed by atoms with Gasteiger partial charge in [0.1, 0.15) is 0 Å². The second-order valence-corrected chi connectivity index (χ2v) is 1.18. The Labute approximate surface area is 101 Å². The van der Waals surface area contributed by atoms with Crippen molar-refractivity contribution in [3.63, 3.8) is 0 Å². The molecule has 4 nitrogen and oxygen atoms in total. The van der Waals surface area contributed by atoms with E-state index in [1.54, 1.807) is 0 Å². The molecule has 0 fully saturated rings. The van der Waals surface area contributed by atoms with Gasteiger partial charge >= 0.3 is 57.4 Å². The van der Waals surface area contributed by atoms with Crippen LogP contribution in [0, 0.1) is 0 Å². The molecule has 0 N–H and O–H groups in total. The van der Waals surface area contributed by atoms with E-state index in [9.17, 15) is 14.7 Å². The quantitative estimate of drug-likeness (QED) is 0.0794. The minimum atomic E-state index is -0.903. The van der Waals surface area contributed by atoms with Crippen molar-refractivity contribution < 1.29 is 70.8 Å². The van der Waals surface area contributed by atoms with Crippen LogP contribution in [0.25, 0.3) is 0 Å². The van der Waals surface area contributed by atoms with Crippen molar-refractivity contribution in [3.8, 4) is 0 Å². The van der Waals surface area contributed by atoms with E-state index in [1.165, 1.54) is 0 Å². The molecule has 0 aromatic rings. The molecule has 0 atom stereocenters. The topological polar surface area (TPSA) is 66.4 Å². The van der Waals surface area contributed by atoms with Crippen LogP contribution >= 0.6 is 0 Å². The van der Waals surface area contributed by atoms with Crippen molar-refractivity contribution in [2.75, 3.05) is 7.11 Å². The van der Waals surface area contributed by atoms with Crippen LogP contribution in [0.4, 0.5) is 0 Å². The smallest absolute Gasteiger partial charge is 0.877 e. The summed E-state index contributed by atoms with van der Waals surface area (Å²) in [5.41, 5.74) is -0.502. The minimum Gasteiger partial charge on any atom is -0.877 e. The Morgan fingerprint density at radius 2 is 2.10 bits per heavy atom. The maximum atomic E-state index is 10.3. The zero-order valence-electron chi connectivity index (χ0n) is 5.79. The number of methoxy groups -OCH3 is 1. The second kappa shape index (κ2) is 7.42. The van der Waals surface area contributed by atoms with E-state index in [0.717, 1.165) is 7.11 Å². The molecule has 0 aliphatic rings. The number of ether oxygens (including phenoxy) is 1. The van der Waals surface area contributed by atoms with Gasteiger partial charge in [-0.3, -0.25) is 4.79 Å². The maximum Gasteiger partial charge on any atom is 1.00 e. The zero-order valence-corrected chi connectivity index (χ0v) is 8.91. The molecule has 0 spiro atoms. The normalized spacial score (nSPS) is 9.50. The van der Waals surface area contributed by atoms with Crippen LogP contribution < -0.4 is 56.5 Å². The van der Waals surface area contributed by atoms with Gasteiger partial charge in [0.15, 0.2) is 6.29 Å². The Morgan fingerprint density at radius 3 is 2.20 bits per heavy atom. The molecule has 0 amide bonds. The Kier molecular flexibility index (Phi) is 9.61. The molecule has 0 aromatic carbocycles. The summed E-state index contributed by atoms with van der Waals surface area (Å²) < 4.78 is 4.06. The summed E-state index contributed by atoms with van der Waals surface area (Å²) in [6.45, 7) is 0. The first-order chi connectivity index (χ1) is 4.26. The Hall–Kier alpha value is 0.316. The Morgan fingerprint density at radius 1 is 1.60 bits per heavy atom. The van der Waals surface area contributed by atoms with Crippen LogP contribution in [0.15, 0.2) is 11.8 Å². The number of hydrogen-bond acceptors (Lipinski definition) is 4. The number of aldehydes is 1. The number of carbonyl (C=O) groups is 2. The van der Waals surface area contributed by atoms with Crippen LogP contribution in [0.1, 0.15) is 0 Å². The Bertz CT molecular complexity index is 152. The third kappa shape index (κ3) is 4.18. The number of esters is 1. The third-order valence-corrected chi connectivity index (χ3v) is 0.675. The molecule has 0 aliphatic carbocycles. The van der Waals surface area contributed by atoms with Gasteiger partial charge in [-0.2, -0.15) is 0 Å². The first kappa shape index (κ1) is 12.9. The average Bonchev–Trinajstić information content (AvgIpc) is 1.90. The number of hydrogen-bond donors (Lipinski definition) is 0. The van der Waals surface area contributed by atoms with Gasteiger partial charge < -0.3 is 9.84 Å². The van der Waals surface area contributed by atoms with Gasteiger partial charge in [0.05, 0.1) is 12.7 Å². The van der Waals surface area contributed by atoms with Gasteiger partial charge in [0, 0.05) is 0 Å². The average molecular weight is 168 g/mol. The van der Waals surface area contributed by atoms with Crippen molar-refractivity contribution in [2.45, 2.75) is 0 Å². The van der Waals surface area contributed by atoms with Crippen LogP contribution in [-0.2, 0) is 14.3 Å². The van der Waals surface area contributed by atoms with Crippen LogP contribution in [0.2, 0.25) is 0 Å². The first-order valence-corrected chi connectivity index (χ1v) is 2.12. The largest absolute Gasteiger partial charge is 1.00 e. The Balaban J connectivity index is 0. The summed E-state index contributed by atoms with van der Waals surface area (Å²) >= 11 is 0. The molecular weight excluding hydrogens is 163 g/mol. The van der Waals surface area contributed by atoms with Gasteiger partial charge in [-0.05, 0) is 0 Å². The molecule has 0 radical (unpaired) electrons. The fourth-order valence-electron chi connectivity index (χ4n) is 0.242. The van der Waals surface area contributed by atoms with E-state index in [4.69, 9.17) is 0 Å². The van der Waals surface area contributed by atoms with Crippen LogP contribution in [0.5, 0.6) is 0 Å². The van der Waals surface area contributed by atoms with Crippen molar-refractivity contribution in [1.29, 1.82) is 0 Å². The van der Waals surface area contributed by atoms with E-state index in [1.807, 2.05) is 0 Å². The van der Waals surface area contributed by atoms with Gasteiger partial charge in [-0.25, -0.2) is 4.79 Å². The predicted molar refractivity (Wildman–Crippen MR) is 26.2 cm³/mol. The number of carbonyl (C=O) groups excluding carboxylic acids is 2. The van der Waals surface area contributed by atoms with E-state index in [2.05, 4.69) is 4.74 Å². The molecule has 0 bridgehead atoms. The van der Waals surface area contributed by atoms with E-state index in [-0.39, 0.29) is 63.9 Å². The van der Waals surface area contributed by atoms with Gasteiger partial charge in [0.25, 0.3) is 0 Å². The molecule has 0 saturated heterocycles. The summed E-state index contributed by atoms with van der Waals surface area (Å²) in [6.07, 6.45) is 0.303. The maximum absolute atomic E-state index is 10.3. The summed E-state index contributed by atoms with van der Waals surface area (Å²) in [5.74, 6) is -0.903. The van der Waals surface area contributed by atoms with Crippen LogP contribution in [0.3, 0.4) is 0 Å². The van der Waals surface area contributed by atoms with E-state index in [0.29, 0.717) is 0 Å². The second-order valence-electron chi connectivity index (χ2n) is 1.18. The fraction of sp³-hybridized carbons (Fsp3) is 0.200. The molecule has 0 saturated carbocycles. The molecule has 0 rings (SSSR count). The fourth-order valence-corrected chi connectivity index (χ4v) is 0.242. The van der Waals surface area contributed by atoms with Crippen molar-refractivity contribution in [2.24, 2.45) is 0 Å². The molecule has 10 heavy (non-hydrogen) atoms. The van der Waals surface area contributed by atoms with Gasteiger partial charge in [0.2, 0.25) is 0 Å². The molecule has 0 aromatic heterocycles. The van der Waals surface area contributed by atoms with Gasteiger partial charge in [-0.15, -0.1) is 6.26 Å². The predicted octanol–water partition coefficient (Wildman–Crippen LogP) is -4.39. The zero-order chi connectivity index (χ0) is 7.28. The minimum absolute atomic E-state index is 0. The molecule has 50 valence electrons. The summed E-state index contributed by atoms with van der Waals surface area (Å²) in [7, 11) is 1.09. The molecule has 0 heterocycles. The molecule has 5 heteroatoms. The van der Waals surface area contributed by atoms with Crippen molar-refractivity contribution in [3.05, 3.63) is 11.8 Å². The SMILES string of the molecule is COC(=O)/C(C=O)=C/[O-].[K+]. The van der Waals surface area contributed by atoms with Gasteiger partial charge in [-0.1, -0.05) is 0 Å². The molecule has 0 aliphatic heterocycles. The monoisotopic (exact) mass is 168 g/mol. The molecule has 0 unspecified atom stereocenters.